The van der Waals surface area contributed by atoms with Crippen LogP contribution in [0.15, 0.2) is 79.0 Å². The molecule has 0 fully saturated rings. The van der Waals surface area contributed by atoms with Gasteiger partial charge in [-0.1, -0.05) is 54.6 Å². The van der Waals surface area contributed by atoms with Gasteiger partial charge in [0.15, 0.2) is 0 Å². The highest BCUT2D eigenvalue weighted by atomic mass is 16.3. The van der Waals surface area contributed by atoms with Gasteiger partial charge in [-0.15, -0.1) is 0 Å². The number of fused-ring (bicyclic) bond motifs is 1. The molecule has 4 aromatic rings. The van der Waals surface area contributed by atoms with E-state index in [1.807, 2.05) is 65.3 Å². The maximum atomic E-state index is 10.6. The highest BCUT2D eigenvalue weighted by molar-refractivity contribution is 5.87. The van der Waals surface area contributed by atoms with E-state index in [2.05, 4.69) is 17.2 Å². The van der Waals surface area contributed by atoms with Crippen LogP contribution in [0.1, 0.15) is 11.1 Å². The zero-order valence-electron chi connectivity index (χ0n) is 12.6. The first-order valence-electron chi connectivity index (χ1n) is 7.61. The summed E-state index contributed by atoms with van der Waals surface area (Å²) in [6, 6.07) is 24.1. The Morgan fingerprint density at radius 1 is 0.826 bits per heavy atom. The molecule has 0 amide bonds. The Morgan fingerprint density at radius 2 is 1.52 bits per heavy atom. The lowest BCUT2D eigenvalue weighted by Gasteiger charge is -2.07. The SMILES string of the molecule is Oc1c(Cc2ccccc2)ccc2c1cnn2-c1ccccc1. The van der Waals surface area contributed by atoms with E-state index in [9.17, 15) is 5.11 Å². The summed E-state index contributed by atoms with van der Waals surface area (Å²) in [5.74, 6) is 0.313. The second kappa shape index (κ2) is 5.61. The summed E-state index contributed by atoms with van der Waals surface area (Å²) in [7, 11) is 0. The molecule has 3 aromatic carbocycles. The number of aromatic hydroxyl groups is 1. The minimum atomic E-state index is 0.313. The number of benzene rings is 3. The standard InChI is InChI=1S/C20H16N2O/c23-20-16(13-15-7-3-1-4-8-15)11-12-19-18(20)14-21-22(19)17-9-5-2-6-10-17/h1-12,14,23H,13H2. The first-order valence-corrected chi connectivity index (χ1v) is 7.61. The van der Waals surface area contributed by atoms with Gasteiger partial charge in [0.05, 0.1) is 22.8 Å². The van der Waals surface area contributed by atoms with Crippen LogP contribution in [0.25, 0.3) is 16.6 Å². The number of rotatable bonds is 3. The average Bonchev–Trinajstić information content (AvgIpc) is 3.04. The van der Waals surface area contributed by atoms with Gasteiger partial charge in [-0.2, -0.15) is 5.10 Å². The van der Waals surface area contributed by atoms with Crippen LogP contribution < -0.4 is 0 Å². The Hall–Kier alpha value is -3.07. The molecule has 0 unspecified atom stereocenters. The Kier molecular flexibility index (Phi) is 3.31. The third-order valence-electron chi connectivity index (χ3n) is 4.05. The molecule has 0 aliphatic heterocycles. The summed E-state index contributed by atoms with van der Waals surface area (Å²) in [6.07, 6.45) is 2.44. The number of aromatic nitrogens is 2. The summed E-state index contributed by atoms with van der Waals surface area (Å²) >= 11 is 0. The van der Waals surface area contributed by atoms with Gasteiger partial charge in [-0.3, -0.25) is 0 Å². The van der Waals surface area contributed by atoms with Gasteiger partial charge < -0.3 is 5.11 Å². The number of hydrogen-bond donors (Lipinski definition) is 1. The molecule has 1 heterocycles. The second-order valence-corrected chi connectivity index (χ2v) is 5.56. The maximum absolute atomic E-state index is 10.6. The zero-order chi connectivity index (χ0) is 15.6. The average molecular weight is 300 g/mol. The fraction of sp³-hybridized carbons (Fsp3) is 0.0500. The lowest BCUT2D eigenvalue weighted by molar-refractivity contribution is 0.476. The summed E-state index contributed by atoms with van der Waals surface area (Å²) in [5.41, 5.74) is 3.98. The molecule has 0 radical (unpaired) electrons. The van der Waals surface area contributed by atoms with Crippen LogP contribution in [0.4, 0.5) is 0 Å². The third kappa shape index (κ3) is 2.46. The van der Waals surface area contributed by atoms with Crippen molar-refractivity contribution in [2.24, 2.45) is 0 Å². The van der Waals surface area contributed by atoms with Crippen molar-refractivity contribution in [2.45, 2.75) is 6.42 Å². The second-order valence-electron chi connectivity index (χ2n) is 5.56. The van der Waals surface area contributed by atoms with Crippen molar-refractivity contribution in [1.29, 1.82) is 0 Å². The van der Waals surface area contributed by atoms with E-state index < -0.39 is 0 Å². The molecular weight excluding hydrogens is 284 g/mol. The van der Waals surface area contributed by atoms with Gasteiger partial charge >= 0.3 is 0 Å². The third-order valence-corrected chi connectivity index (χ3v) is 4.05. The monoisotopic (exact) mass is 300 g/mol. The van der Waals surface area contributed by atoms with Crippen molar-refractivity contribution in [2.75, 3.05) is 0 Å². The van der Waals surface area contributed by atoms with E-state index in [1.54, 1.807) is 6.20 Å². The predicted octanol–water partition coefficient (Wildman–Crippen LogP) is 4.32. The van der Waals surface area contributed by atoms with Crippen molar-refractivity contribution < 1.29 is 5.11 Å². The van der Waals surface area contributed by atoms with E-state index in [4.69, 9.17) is 0 Å². The molecule has 0 saturated heterocycles. The molecule has 0 atom stereocenters. The number of phenolic OH excluding ortho intramolecular Hbond substituents is 1. The van der Waals surface area contributed by atoms with Crippen LogP contribution >= 0.6 is 0 Å². The van der Waals surface area contributed by atoms with Crippen LogP contribution in [0.3, 0.4) is 0 Å². The fourth-order valence-electron chi connectivity index (χ4n) is 2.87. The molecule has 0 saturated carbocycles. The van der Waals surface area contributed by atoms with Crippen molar-refractivity contribution in [3.8, 4) is 11.4 Å². The van der Waals surface area contributed by atoms with Crippen molar-refractivity contribution >= 4 is 10.9 Å². The molecule has 0 bridgehead atoms. The van der Waals surface area contributed by atoms with Crippen LogP contribution in [0, 0.1) is 0 Å². The molecule has 4 rings (SSSR count). The Labute approximate surface area is 134 Å². The molecule has 3 nitrogen and oxygen atoms in total. The molecule has 0 aliphatic carbocycles. The quantitative estimate of drug-likeness (QED) is 0.612. The molecule has 112 valence electrons. The summed E-state index contributed by atoms with van der Waals surface area (Å²) in [5, 5.41) is 15.8. The van der Waals surface area contributed by atoms with Crippen LogP contribution in [0.2, 0.25) is 0 Å². The topological polar surface area (TPSA) is 38.1 Å². The first kappa shape index (κ1) is 13.6. The van der Waals surface area contributed by atoms with Crippen LogP contribution in [0.5, 0.6) is 5.75 Å². The molecule has 1 N–H and O–H groups in total. The fourth-order valence-corrected chi connectivity index (χ4v) is 2.87. The van der Waals surface area contributed by atoms with Gasteiger partial charge in [-0.25, -0.2) is 4.68 Å². The van der Waals surface area contributed by atoms with Gasteiger partial charge in [0.25, 0.3) is 0 Å². The number of hydrogen-bond acceptors (Lipinski definition) is 2. The number of nitrogens with zero attached hydrogens (tertiary/aromatic N) is 2. The normalized spacial score (nSPS) is 11.0. The van der Waals surface area contributed by atoms with Gasteiger partial charge in [-0.05, 0) is 29.3 Å². The van der Waals surface area contributed by atoms with E-state index in [1.165, 1.54) is 5.56 Å². The van der Waals surface area contributed by atoms with Gasteiger partial charge in [0, 0.05) is 6.42 Å². The summed E-state index contributed by atoms with van der Waals surface area (Å²) in [4.78, 5) is 0. The predicted molar refractivity (Wildman–Crippen MR) is 92.0 cm³/mol. The van der Waals surface area contributed by atoms with Crippen molar-refractivity contribution in [3.05, 3.63) is 90.1 Å². The molecule has 1 aromatic heterocycles. The molecule has 0 spiro atoms. The Bertz CT molecular complexity index is 943. The van der Waals surface area contributed by atoms with E-state index >= 15 is 0 Å². The van der Waals surface area contributed by atoms with E-state index in [0.717, 1.165) is 22.2 Å². The number of phenols is 1. The minimum absolute atomic E-state index is 0.313. The lowest BCUT2D eigenvalue weighted by atomic mass is 10.0. The molecule has 23 heavy (non-hydrogen) atoms. The van der Waals surface area contributed by atoms with Gasteiger partial charge in [0.2, 0.25) is 0 Å². The summed E-state index contributed by atoms with van der Waals surface area (Å²) < 4.78 is 1.85. The zero-order valence-corrected chi connectivity index (χ0v) is 12.6. The first-order chi connectivity index (χ1) is 11.3. The highest BCUT2D eigenvalue weighted by Crippen LogP contribution is 2.31. The summed E-state index contributed by atoms with van der Waals surface area (Å²) in [6.45, 7) is 0. The number of para-hydroxylation sites is 1. The van der Waals surface area contributed by atoms with Crippen molar-refractivity contribution in [1.82, 2.24) is 9.78 Å². The maximum Gasteiger partial charge on any atom is 0.130 e. The molecule has 0 aliphatic rings. The minimum Gasteiger partial charge on any atom is -0.507 e. The largest absolute Gasteiger partial charge is 0.507 e. The molecular formula is C20H16N2O. The van der Waals surface area contributed by atoms with Crippen LogP contribution in [-0.2, 0) is 6.42 Å². The van der Waals surface area contributed by atoms with E-state index in [0.29, 0.717) is 12.2 Å². The molecule has 3 heteroatoms. The smallest absolute Gasteiger partial charge is 0.130 e. The Balaban J connectivity index is 1.78. The highest BCUT2D eigenvalue weighted by Gasteiger charge is 2.12. The van der Waals surface area contributed by atoms with Crippen LogP contribution in [-0.4, -0.2) is 14.9 Å². The lowest BCUT2D eigenvalue weighted by Crippen LogP contribution is -1.95. The Morgan fingerprint density at radius 3 is 2.26 bits per heavy atom. The van der Waals surface area contributed by atoms with Gasteiger partial charge in [0.1, 0.15) is 5.75 Å². The van der Waals surface area contributed by atoms with E-state index in [-0.39, 0.29) is 0 Å². The van der Waals surface area contributed by atoms with Crippen molar-refractivity contribution in [3.63, 3.8) is 0 Å².